The fourth-order valence-electron chi connectivity index (χ4n) is 4.93. The minimum absolute atomic E-state index is 0.0858. The van der Waals surface area contributed by atoms with Crippen molar-refractivity contribution in [1.29, 1.82) is 0 Å². The van der Waals surface area contributed by atoms with Crippen LogP contribution in [-0.4, -0.2) is 75.1 Å². The number of hydrogen-bond donors (Lipinski definition) is 4. The van der Waals surface area contributed by atoms with Crippen LogP contribution in [0, 0.1) is 5.92 Å². The van der Waals surface area contributed by atoms with Gasteiger partial charge in [-0.05, 0) is 36.5 Å². The highest BCUT2D eigenvalue weighted by Gasteiger charge is 2.37. The molecule has 36 heavy (non-hydrogen) atoms. The minimum Gasteiger partial charge on any atom is -0.504 e. The summed E-state index contributed by atoms with van der Waals surface area (Å²) in [5, 5.41) is 27.0. The average molecular weight is 516 g/mol. The average Bonchev–Trinajstić information content (AvgIpc) is 3.38. The minimum atomic E-state index is -0.586. The van der Waals surface area contributed by atoms with Gasteiger partial charge in [-0.2, -0.15) is 0 Å². The van der Waals surface area contributed by atoms with Gasteiger partial charge in [0.1, 0.15) is 12.6 Å². The zero-order chi connectivity index (χ0) is 25.5. The van der Waals surface area contributed by atoms with Gasteiger partial charge in [-0.3, -0.25) is 9.59 Å². The van der Waals surface area contributed by atoms with Gasteiger partial charge >= 0.3 is 6.03 Å². The van der Waals surface area contributed by atoms with Crippen LogP contribution in [0.1, 0.15) is 44.1 Å². The summed E-state index contributed by atoms with van der Waals surface area (Å²) >= 11 is 1.34. The summed E-state index contributed by atoms with van der Waals surface area (Å²) in [5.74, 6) is -0.461. The van der Waals surface area contributed by atoms with E-state index in [1.807, 2.05) is 0 Å². The molecule has 4 amide bonds. The fourth-order valence-corrected chi connectivity index (χ4v) is 5.46. The number of hydrogen-bond acceptors (Lipinski definition) is 7. The summed E-state index contributed by atoms with van der Waals surface area (Å²) in [7, 11) is 0. The lowest BCUT2D eigenvalue weighted by atomic mass is 9.84. The molecule has 0 bridgehead atoms. The summed E-state index contributed by atoms with van der Waals surface area (Å²) in [6.07, 6.45) is 8.36. The maximum absolute atomic E-state index is 13.2. The van der Waals surface area contributed by atoms with Crippen LogP contribution in [0.2, 0.25) is 0 Å². The fraction of sp³-hybridized carbons (Fsp3) is 0.520. The second-order valence-electron chi connectivity index (χ2n) is 9.40. The molecular formula is C25H33N5O5S. The maximum Gasteiger partial charge on any atom is 0.317 e. The molecule has 4 N–H and O–H groups in total. The van der Waals surface area contributed by atoms with E-state index in [0.717, 1.165) is 31.2 Å². The Hall–Kier alpha value is -3.34. The number of urea groups is 1. The molecule has 2 aliphatic rings. The van der Waals surface area contributed by atoms with Crippen molar-refractivity contribution < 1.29 is 24.6 Å². The molecule has 2 aromatic rings. The van der Waals surface area contributed by atoms with E-state index in [2.05, 4.69) is 15.6 Å². The number of phenols is 2. The van der Waals surface area contributed by atoms with Crippen molar-refractivity contribution in [2.75, 3.05) is 31.5 Å². The number of anilines is 1. The smallest absolute Gasteiger partial charge is 0.317 e. The number of rotatable bonds is 8. The standard InChI is InChI=1S/C25H33N5O5S/c31-20-7-6-18(15-21(20)32)8-9-27-25(35)29-11-12-30(22(33)16-29)19(14-17-4-2-1-3-5-17)23(34)28-24-26-10-13-36-24/h6-7,10,13,15,17,19,31-32H,1-5,8-9,11-12,14,16H2,(H,27,35)(H,26,28,34)/t19-/m0/s1. The van der Waals surface area contributed by atoms with Crippen molar-refractivity contribution in [2.24, 2.45) is 5.92 Å². The Morgan fingerprint density at radius 2 is 1.94 bits per heavy atom. The number of phenolic OH excluding ortho intramolecular Hbond substituents is 2. The third-order valence-corrected chi connectivity index (χ3v) is 7.59. The number of thiazole rings is 1. The second kappa shape index (κ2) is 12.1. The lowest BCUT2D eigenvalue weighted by Gasteiger charge is -2.39. The van der Waals surface area contributed by atoms with Gasteiger partial charge in [0.15, 0.2) is 16.6 Å². The van der Waals surface area contributed by atoms with E-state index < -0.39 is 6.04 Å². The SMILES string of the molecule is O=C(Nc1nccs1)[C@H](CC1CCCCC1)N1CCN(C(=O)NCCc2ccc(O)c(O)c2)CC1=O. The first-order valence-corrected chi connectivity index (χ1v) is 13.3. The number of aromatic nitrogens is 1. The third-order valence-electron chi connectivity index (χ3n) is 6.90. The van der Waals surface area contributed by atoms with Crippen LogP contribution in [0.5, 0.6) is 11.5 Å². The van der Waals surface area contributed by atoms with Gasteiger partial charge < -0.3 is 30.6 Å². The molecule has 1 aliphatic heterocycles. The van der Waals surface area contributed by atoms with Crippen molar-refractivity contribution in [2.45, 2.75) is 51.0 Å². The molecule has 1 aromatic carbocycles. The summed E-state index contributed by atoms with van der Waals surface area (Å²) in [5.41, 5.74) is 0.767. The zero-order valence-corrected chi connectivity index (χ0v) is 21.0. The normalized spacial score (nSPS) is 17.6. The number of carbonyl (C=O) groups is 3. The van der Waals surface area contributed by atoms with Gasteiger partial charge in [0, 0.05) is 31.2 Å². The first-order valence-electron chi connectivity index (χ1n) is 12.4. The molecule has 4 rings (SSSR count). The number of nitrogens with zero attached hydrogens (tertiary/aromatic N) is 3. The first-order chi connectivity index (χ1) is 17.4. The molecule has 1 saturated carbocycles. The maximum atomic E-state index is 13.2. The molecule has 0 radical (unpaired) electrons. The van der Waals surface area contributed by atoms with E-state index in [1.54, 1.807) is 22.5 Å². The highest BCUT2D eigenvalue weighted by atomic mass is 32.1. The van der Waals surface area contributed by atoms with Gasteiger partial charge in [0.05, 0.1) is 0 Å². The van der Waals surface area contributed by atoms with E-state index >= 15 is 0 Å². The number of amides is 4. The molecular weight excluding hydrogens is 482 g/mol. The molecule has 11 heteroatoms. The summed E-state index contributed by atoms with van der Waals surface area (Å²) in [4.78, 5) is 46.2. The largest absolute Gasteiger partial charge is 0.504 e. The highest BCUT2D eigenvalue weighted by Crippen LogP contribution is 2.30. The Morgan fingerprint density at radius 3 is 2.64 bits per heavy atom. The van der Waals surface area contributed by atoms with Gasteiger partial charge in [0.2, 0.25) is 11.8 Å². The Balaban J connectivity index is 1.33. The van der Waals surface area contributed by atoms with Crippen molar-refractivity contribution in [3.63, 3.8) is 0 Å². The van der Waals surface area contributed by atoms with Gasteiger partial charge in [-0.15, -0.1) is 11.3 Å². The Morgan fingerprint density at radius 1 is 1.14 bits per heavy atom. The number of nitrogens with one attached hydrogen (secondary N) is 2. The van der Waals surface area contributed by atoms with Crippen LogP contribution in [0.25, 0.3) is 0 Å². The molecule has 10 nitrogen and oxygen atoms in total. The second-order valence-corrected chi connectivity index (χ2v) is 10.3. The lowest BCUT2D eigenvalue weighted by molar-refractivity contribution is -0.142. The van der Waals surface area contributed by atoms with Gasteiger partial charge in [0.25, 0.3) is 0 Å². The predicted molar refractivity (Wildman–Crippen MR) is 136 cm³/mol. The summed E-state index contributed by atoms with van der Waals surface area (Å²) in [6, 6.07) is 3.59. The number of piperazine rings is 1. The van der Waals surface area contributed by atoms with E-state index in [9.17, 15) is 24.6 Å². The van der Waals surface area contributed by atoms with Crippen LogP contribution < -0.4 is 10.6 Å². The summed E-state index contributed by atoms with van der Waals surface area (Å²) in [6.45, 7) is 0.861. The van der Waals surface area contributed by atoms with Crippen molar-refractivity contribution in [1.82, 2.24) is 20.1 Å². The zero-order valence-electron chi connectivity index (χ0n) is 20.2. The predicted octanol–water partition coefficient (Wildman–Crippen LogP) is 2.93. The van der Waals surface area contributed by atoms with Crippen LogP contribution in [0.15, 0.2) is 29.8 Å². The molecule has 1 atom stereocenters. The Bertz CT molecular complexity index is 1060. The topological polar surface area (TPSA) is 135 Å². The summed E-state index contributed by atoms with van der Waals surface area (Å²) < 4.78 is 0. The lowest BCUT2D eigenvalue weighted by Crippen LogP contribution is -2.59. The molecule has 2 heterocycles. The van der Waals surface area contributed by atoms with Gasteiger partial charge in [-0.1, -0.05) is 38.2 Å². The van der Waals surface area contributed by atoms with Crippen molar-refractivity contribution in [3.05, 3.63) is 35.3 Å². The van der Waals surface area contributed by atoms with Crippen LogP contribution in [-0.2, 0) is 16.0 Å². The molecule has 194 valence electrons. The monoisotopic (exact) mass is 515 g/mol. The van der Waals surface area contributed by atoms with Crippen LogP contribution in [0.3, 0.4) is 0 Å². The number of aromatic hydroxyl groups is 2. The van der Waals surface area contributed by atoms with Crippen LogP contribution >= 0.6 is 11.3 Å². The molecule has 1 saturated heterocycles. The molecule has 2 fully saturated rings. The molecule has 1 aromatic heterocycles. The molecule has 0 spiro atoms. The Kier molecular flexibility index (Phi) is 8.63. The van der Waals surface area contributed by atoms with E-state index in [0.29, 0.717) is 43.5 Å². The van der Waals surface area contributed by atoms with E-state index in [-0.39, 0.29) is 35.9 Å². The van der Waals surface area contributed by atoms with Gasteiger partial charge in [-0.25, -0.2) is 9.78 Å². The van der Waals surface area contributed by atoms with E-state index in [4.69, 9.17) is 0 Å². The highest BCUT2D eigenvalue weighted by molar-refractivity contribution is 7.13. The first kappa shape index (κ1) is 25.7. The number of benzene rings is 1. The van der Waals surface area contributed by atoms with Crippen LogP contribution in [0.4, 0.5) is 9.93 Å². The Labute approximate surface area is 214 Å². The van der Waals surface area contributed by atoms with Crippen molar-refractivity contribution >= 4 is 34.3 Å². The number of carbonyl (C=O) groups excluding carboxylic acids is 3. The molecule has 0 unspecified atom stereocenters. The third kappa shape index (κ3) is 6.66. The van der Waals surface area contributed by atoms with E-state index in [1.165, 1.54) is 34.8 Å². The van der Waals surface area contributed by atoms with Crippen molar-refractivity contribution in [3.8, 4) is 11.5 Å². The molecule has 1 aliphatic carbocycles. The quantitative estimate of drug-likeness (QED) is 0.399.